The van der Waals surface area contributed by atoms with Crippen molar-refractivity contribution in [2.45, 2.75) is 53.0 Å². The Morgan fingerprint density at radius 2 is 1.60 bits per heavy atom. The maximum atomic E-state index is 11.7. The van der Waals surface area contributed by atoms with E-state index in [4.69, 9.17) is 5.11 Å². The average molecular weight is 277 g/mol. The van der Waals surface area contributed by atoms with Gasteiger partial charge in [0.25, 0.3) is 0 Å². The van der Waals surface area contributed by atoms with Crippen molar-refractivity contribution in [1.82, 2.24) is 5.32 Å². The van der Waals surface area contributed by atoms with E-state index >= 15 is 0 Å². The lowest BCUT2D eigenvalue weighted by Crippen LogP contribution is -2.23. The number of benzene rings is 1. The SMILES string of the molecule is Cc1cc(C)c(CNC(=O)CCCCC(=O)O)c(C)c1. The zero-order valence-electron chi connectivity index (χ0n) is 12.5. The molecule has 0 atom stereocenters. The van der Waals surface area contributed by atoms with E-state index in [1.165, 1.54) is 16.7 Å². The number of carboxylic acids is 1. The number of hydrogen-bond acceptors (Lipinski definition) is 2. The number of hydrogen-bond donors (Lipinski definition) is 2. The molecule has 1 rings (SSSR count). The van der Waals surface area contributed by atoms with Crippen LogP contribution in [0.3, 0.4) is 0 Å². The van der Waals surface area contributed by atoms with Gasteiger partial charge >= 0.3 is 5.97 Å². The molecule has 1 aromatic carbocycles. The van der Waals surface area contributed by atoms with Crippen LogP contribution in [0.2, 0.25) is 0 Å². The number of unbranched alkanes of at least 4 members (excludes halogenated alkanes) is 1. The van der Waals surface area contributed by atoms with Crippen LogP contribution in [0, 0.1) is 20.8 Å². The fourth-order valence-electron chi connectivity index (χ4n) is 2.33. The van der Waals surface area contributed by atoms with Crippen LogP contribution in [-0.4, -0.2) is 17.0 Å². The van der Waals surface area contributed by atoms with E-state index < -0.39 is 5.97 Å². The maximum absolute atomic E-state index is 11.7. The highest BCUT2D eigenvalue weighted by atomic mass is 16.4. The number of carbonyl (C=O) groups is 2. The molecule has 0 fully saturated rings. The van der Waals surface area contributed by atoms with Crippen molar-refractivity contribution in [2.24, 2.45) is 0 Å². The molecule has 0 unspecified atom stereocenters. The quantitative estimate of drug-likeness (QED) is 0.753. The fraction of sp³-hybridized carbons (Fsp3) is 0.500. The van der Waals surface area contributed by atoms with Gasteiger partial charge in [0.1, 0.15) is 0 Å². The topological polar surface area (TPSA) is 66.4 Å². The van der Waals surface area contributed by atoms with Gasteiger partial charge in [0, 0.05) is 19.4 Å². The molecule has 1 amide bonds. The molecule has 0 aliphatic heterocycles. The van der Waals surface area contributed by atoms with Gasteiger partial charge in [-0.15, -0.1) is 0 Å². The highest BCUT2D eigenvalue weighted by molar-refractivity contribution is 5.76. The molecule has 4 nitrogen and oxygen atoms in total. The molecule has 0 bridgehead atoms. The summed E-state index contributed by atoms with van der Waals surface area (Å²) in [7, 11) is 0. The molecular weight excluding hydrogens is 254 g/mol. The summed E-state index contributed by atoms with van der Waals surface area (Å²) < 4.78 is 0. The van der Waals surface area contributed by atoms with Gasteiger partial charge in [-0.1, -0.05) is 17.7 Å². The number of aliphatic carboxylic acids is 1. The first kappa shape index (κ1) is 16.2. The Balaban J connectivity index is 2.40. The second-order valence-corrected chi connectivity index (χ2v) is 5.25. The van der Waals surface area contributed by atoms with Gasteiger partial charge in [-0.25, -0.2) is 0 Å². The minimum Gasteiger partial charge on any atom is -0.481 e. The Morgan fingerprint density at radius 1 is 1.05 bits per heavy atom. The lowest BCUT2D eigenvalue weighted by atomic mass is 10.00. The van der Waals surface area contributed by atoms with Gasteiger partial charge < -0.3 is 10.4 Å². The predicted octanol–water partition coefficient (Wildman–Crippen LogP) is 2.87. The van der Waals surface area contributed by atoms with Crippen molar-refractivity contribution in [1.29, 1.82) is 0 Å². The molecule has 0 aliphatic rings. The third kappa shape index (κ3) is 5.43. The number of rotatable bonds is 7. The van der Waals surface area contributed by atoms with Gasteiger partial charge in [-0.05, 0) is 50.3 Å². The van der Waals surface area contributed by atoms with Crippen molar-refractivity contribution in [3.8, 4) is 0 Å². The largest absolute Gasteiger partial charge is 0.481 e. The summed E-state index contributed by atoms with van der Waals surface area (Å²) in [5, 5.41) is 11.4. The first-order valence-electron chi connectivity index (χ1n) is 6.95. The number of aryl methyl sites for hydroxylation is 3. The average Bonchev–Trinajstić information content (AvgIpc) is 2.33. The number of carbonyl (C=O) groups excluding carboxylic acids is 1. The lowest BCUT2D eigenvalue weighted by molar-refractivity contribution is -0.137. The van der Waals surface area contributed by atoms with Crippen molar-refractivity contribution >= 4 is 11.9 Å². The van der Waals surface area contributed by atoms with Crippen LogP contribution in [0.25, 0.3) is 0 Å². The van der Waals surface area contributed by atoms with Crippen molar-refractivity contribution in [3.05, 3.63) is 34.4 Å². The van der Waals surface area contributed by atoms with E-state index in [9.17, 15) is 9.59 Å². The zero-order valence-corrected chi connectivity index (χ0v) is 12.5. The van der Waals surface area contributed by atoms with Gasteiger partial charge in [-0.3, -0.25) is 9.59 Å². The van der Waals surface area contributed by atoms with Crippen LogP contribution >= 0.6 is 0 Å². The molecule has 0 radical (unpaired) electrons. The van der Waals surface area contributed by atoms with Crippen LogP contribution in [-0.2, 0) is 16.1 Å². The Morgan fingerprint density at radius 3 is 2.15 bits per heavy atom. The van der Waals surface area contributed by atoms with Crippen molar-refractivity contribution in [2.75, 3.05) is 0 Å². The van der Waals surface area contributed by atoms with E-state index in [1.54, 1.807) is 0 Å². The number of nitrogens with one attached hydrogen (secondary N) is 1. The maximum Gasteiger partial charge on any atom is 0.303 e. The van der Waals surface area contributed by atoms with Gasteiger partial charge in [-0.2, -0.15) is 0 Å². The molecule has 2 N–H and O–H groups in total. The summed E-state index contributed by atoms with van der Waals surface area (Å²) in [4.78, 5) is 22.0. The Bertz CT molecular complexity index is 471. The Hall–Kier alpha value is -1.84. The normalized spacial score (nSPS) is 10.3. The molecule has 0 heterocycles. The Labute approximate surface area is 120 Å². The smallest absolute Gasteiger partial charge is 0.303 e. The highest BCUT2D eigenvalue weighted by Crippen LogP contribution is 2.16. The summed E-state index contributed by atoms with van der Waals surface area (Å²) in [6, 6.07) is 4.22. The molecule has 0 saturated heterocycles. The summed E-state index contributed by atoms with van der Waals surface area (Å²) in [6.07, 6.45) is 1.68. The first-order valence-corrected chi connectivity index (χ1v) is 6.95. The first-order chi connectivity index (χ1) is 9.40. The van der Waals surface area contributed by atoms with E-state index in [-0.39, 0.29) is 12.3 Å². The minimum absolute atomic E-state index is 0.0187. The summed E-state index contributed by atoms with van der Waals surface area (Å²) >= 11 is 0. The van der Waals surface area contributed by atoms with E-state index in [1.807, 2.05) is 13.8 Å². The second-order valence-electron chi connectivity index (χ2n) is 5.25. The monoisotopic (exact) mass is 277 g/mol. The molecule has 20 heavy (non-hydrogen) atoms. The molecule has 110 valence electrons. The lowest BCUT2D eigenvalue weighted by Gasteiger charge is -2.12. The fourth-order valence-corrected chi connectivity index (χ4v) is 2.33. The van der Waals surface area contributed by atoms with Gasteiger partial charge in [0.2, 0.25) is 5.91 Å². The number of amides is 1. The van der Waals surface area contributed by atoms with Crippen LogP contribution in [0.5, 0.6) is 0 Å². The van der Waals surface area contributed by atoms with Crippen LogP contribution in [0.4, 0.5) is 0 Å². The van der Waals surface area contributed by atoms with Crippen molar-refractivity contribution < 1.29 is 14.7 Å². The molecular formula is C16H23NO3. The van der Waals surface area contributed by atoms with Crippen LogP contribution < -0.4 is 5.32 Å². The summed E-state index contributed by atoms with van der Waals surface area (Å²) in [6.45, 7) is 6.70. The molecule has 1 aromatic rings. The Kier molecular flexibility index (Phi) is 6.22. The van der Waals surface area contributed by atoms with Gasteiger partial charge in [0.05, 0.1) is 0 Å². The second kappa shape index (κ2) is 7.68. The van der Waals surface area contributed by atoms with E-state index in [2.05, 4.69) is 24.4 Å². The van der Waals surface area contributed by atoms with Gasteiger partial charge in [0.15, 0.2) is 0 Å². The predicted molar refractivity (Wildman–Crippen MR) is 78.6 cm³/mol. The summed E-state index contributed by atoms with van der Waals surface area (Å²) in [5.41, 5.74) is 4.76. The van der Waals surface area contributed by atoms with Crippen molar-refractivity contribution in [3.63, 3.8) is 0 Å². The van der Waals surface area contributed by atoms with Crippen LogP contribution in [0.15, 0.2) is 12.1 Å². The molecule has 0 aliphatic carbocycles. The van der Waals surface area contributed by atoms with Crippen LogP contribution in [0.1, 0.15) is 47.9 Å². The zero-order chi connectivity index (χ0) is 15.1. The van der Waals surface area contributed by atoms with E-state index in [0.717, 1.165) is 5.56 Å². The molecule has 0 aromatic heterocycles. The van der Waals surface area contributed by atoms with E-state index in [0.29, 0.717) is 25.8 Å². The molecule has 0 saturated carbocycles. The standard InChI is InChI=1S/C16H23NO3/c1-11-8-12(2)14(13(3)9-11)10-17-15(18)6-4-5-7-16(19)20/h8-9H,4-7,10H2,1-3H3,(H,17,18)(H,19,20). The summed E-state index contributed by atoms with van der Waals surface area (Å²) in [5.74, 6) is -0.828. The third-order valence-electron chi connectivity index (χ3n) is 3.35. The minimum atomic E-state index is -0.809. The molecule has 4 heteroatoms. The number of carboxylic acid groups (broad SMARTS) is 1. The highest BCUT2D eigenvalue weighted by Gasteiger charge is 2.07. The molecule has 0 spiro atoms. The third-order valence-corrected chi connectivity index (χ3v) is 3.35.